The van der Waals surface area contributed by atoms with Crippen molar-refractivity contribution in [1.82, 2.24) is 4.40 Å². The molecule has 26 heavy (non-hydrogen) atoms. The maximum atomic E-state index is 13.1. The number of carboxylic acids is 1. The Labute approximate surface area is 149 Å². The highest BCUT2D eigenvalue weighted by molar-refractivity contribution is 6.11. The normalized spacial score (nSPS) is 10.7. The van der Waals surface area contributed by atoms with Gasteiger partial charge in [-0.3, -0.25) is 4.79 Å². The molecule has 0 fully saturated rings. The molecule has 0 unspecified atom stereocenters. The number of anilines is 1. The summed E-state index contributed by atoms with van der Waals surface area (Å²) >= 11 is 0. The average molecular weight is 354 g/mol. The van der Waals surface area contributed by atoms with Crippen LogP contribution >= 0.6 is 0 Å². The van der Waals surface area contributed by atoms with Crippen molar-refractivity contribution >= 4 is 23.0 Å². The van der Waals surface area contributed by atoms with Crippen LogP contribution in [0.2, 0.25) is 0 Å². The summed E-state index contributed by atoms with van der Waals surface area (Å²) in [5.41, 5.74) is 7.63. The molecule has 0 saturated heterocycles. The van der Waals surface area contributed by atoms with Gasteiger partial charge in [0.05, 0.1) is 31.5 Å². The monoisotopic (exact) mass is 354 g/mol. The second-order valence-corrected chi connectivity index (χ2v) is 5.77. The summed E-state index contributed by atoms with van der Waals surface area (Å²) in [5, 5.41) is 9.25. The molecule has 0 bridgehead atoms. The van der Waals surface area contributed by atoms with Crippen LogP contribution in [-0.4, -0.2) is 35.5 Å². The minimum atomic E-state index is -1.19. The summed E-state index contributed by atoms with van der Waals surface area (Å²) in [6, 6.07) is 7.78. The second-order valence-electron chi connectivity index (χ2n) is 5.77. The quantitative estimate of drug-likeness (QED) is 0.539. The zero-order valence-corrected chi connectivity index (χ0v) is 14.6. The van der Waals surface area contributed by atoms with Crippen LogP contribution in [0.3, 0.4) is 0 Å². The molecule has 0 atom stereocenters. The maximum absolute atomic E-state index is 13.1. The fourth-order valence-corrected chi connectivity index (χ4v) is 3.01. The number of benzene rings is 1. The smallest absolute Gasteiger partial charge is 0.337 e. The molecule has 0 aliphatic rings. The highest BCUT2D eigenvalue weighted by Gasteiger charge is 2.24. The Kier molecular flexibility index (Phi) is 4.29. The van der Waals surface area contributed by atoms with Gasteiger partial charge >= 0.3 is 5.97 Å². The SMILES string of the molecule is COc1ccc2c(OC)c(C)c(C(=O)c3ccc(N)c(C(=O)O)c3)n2c1. The molecule has 0 saturated carbocycles. The Morgan fingerprint density at radius 1 is 1.12 bits per heavy atom. The van der Waals surface area contributed by atoms with Crippen molar-refractivity contribution in [3.05, 3.63) is 58.9 Å². The van der Waals surface area contributed by atoms with E-state index in [4.69, 9.17) is 15.2 Å². The van der Waals surface area contributed by atoms with E-state index in [9.17, 15) is 14.7 Å². The van der Waals surface area contributed by atoms with Crippen LogP contribution in [0.15, 0.2) is 36.5 Å². The third-order valence-corrected chi connectivity index (χ3v) is 4.29. The van der Waals surface area contributed by atoms with Crippen molar-refractivity contribution in [2.45, 2.75) is 6.92 Å². The minimum absolute atomic E-state index is 0.102. The number of ether oxygens (including phenoxy) is 2. The molecule has 134 valence electrons. The van der Waals surface area contributed by atoms with Gasteiger partial charge in [0.25, 0.3) is 0 Å². The van der Waals surface area contributed by atoms with Gasteiger partial charge in [0.2, 0.25) is 5.78 Å². The van der Waals surface area contributed by atoms with Crippen molar-refractivity contribution in [1.29, 1.82) is 0 Å². The van der Waals surface area contributed by atoms with Crippen LogP contribution in [0.4, 0.5) is 5.69 Å². The number of hydrogen-bond acceptors (Lipinski definition) is 5. The Morgan fingerprint density at radius 3 is 2.46 bits per heavy atom. The number of nitrogen functional groups attached to an aromatic ring is 1. The van der Waals surface area contributed by atoms with Gasteiger partial charge in [-0.15, -0.1) is 0 Å². The van der Waals surface area contributed by atoms with Gasteiger partial charge in [-0.25, -0.2) is 4.79 Å². The second kappa shape index (κ2) is 6.44. The number of carboxylic acid groups (broad SMARTS) is 1. The van der Waals surface area contributed by atoms with E-state index in [1.165, 1.54) is 32.4 Å². The number of hydrogen-bond donors (Lipinski definition) is 2. The summed E-state index contributed by atoms with van der Waals surface area (Å²) in [6.07, 6.45) is 1.69. The number of nitrogens with zero attached hydrogens (tertiary/aromatic N) is 1. The lowest BCUT2D eigenvalue weighted by atomic mass is 10.0. The van der Waals surface area contributed by atoms with Crippen LogP contribution in [0, 0.1) is 6.92 Å². The van der Waals surface area contributed by atoms with Crippen molar-refractivity contribution in [3.63, 3.8) is 0 Å². The highest BCUT2D eigenvalue weighted by atomic mass is 16.5. The molecular formula is C19H18N2O5. The summed E-state index contributed by atoms with van der Waals surface area (Å²) in [6.45, 7) is 1.78. The fourth-order valence-electron chi connectivity index (χ4n) is 3.01. The molecule has 0 amide bonds. The zero-order chi connectivity index (χ0) is 19.0. The van der Waals surface area contributed by atoms with Crippen LogP contribution < -0.4 is 15.2 Å². The van der Waals surface area contributed by atoms with Gasteiger partial charge in [-0.1, -0.05) is 0 Å². The zero-order valence-electron chi connectivity index (χ0n) is 14.6. The molecule has 2 heterocycles. The van der Waals surface area contributed by atoms with E-state index < -0.39 is 5.97 Å². The lowest BCUT2D eigenvalue weighted by Gasteiger charge is -2.07. The Bertz CT molecular complexity index is 1040. The summed E-state index contributed by atoms with van der Waals surface area (Å²) in [5.74, 6) is -0.373. The van der Waals surface area contributed by atoms with Gasteiger partial charge in [0.1, 0.15) is 17.2 Å². The van der Waals surface area contributed by atoms with E-state index in [0.717, 1.165) is 0 Å². The van der Waals surface area contributed by atoms with E-state index >= 15 is 0 Å². The van der Waals surface area contributed by atoms with Gasteiger partial charge < -0.3 is 24.7 Å². The predicted octanol–water partition coefficient (Wildman–Crippen LogP) is 2.78. The molecule has 3 aromatic rings. The van der Waals surface area contributed by atoms with Crippen LogP contribution in [0.25, 0.3) is 5.52 Å². The summed E-state index contributed by atoms with van der Waals surface area (Å²) < 4.78 is 12.4. The standard InChI is InChI=1S/C19H18N2O5/c1-10-16(17(22)11-4-6-14(20)13(8-11)19(23)24)21-9-12(25-2)5-7-15(21)18(10)26-3/h4-9H,20H2,1-3H3,(H,23,24). The molecule has 0 spiro atoms. The van der Waals surface area contributed by atoms with Gasteiger partial charge in [-0.05, 0) is 37.3 Å². The molecule has 2 aromatic heterocycles. The largest absolute Gasteiger partial charge is 0.495 e. The molecule has 3 N–H and O–H groups in total. The van der Waals surface area contributed by atoms with Crippen LogP contribution in [-0.2, 0) is 0 Å². The van der Waals surface area contributed by atoms with E-state index in [1.807, 2.05) is 0 Å². The third kappa shape index (κ3) is 2.63. The van der Waals surface area contributed by atoms with Gasteiger partial charge in [0.15, 0.2) is 0 Å². The molecule has 0 radical (unpaired) electrons. The van der Waals surface area contributed by atoms with E-state index in [1.54, 1.807) is 29.7 Å². The first kappa shape index (κ1) is 17.3. The molecule has 3 rings (SSSR count). The lowest BCUT2D eigenvalue weighted by molar-refractivity contribution is 0.0698. The average Bonchev–Trinajstić information content (AvgIpc) is 2.91. The van der Waals surface area contributed by atoms with Gasteiger partial charge in [-0.2, -0.15) is 0 Å². The molecule has 0 aliphatic heterocycles. The molecule has 7 heteroatoms. The number of rotatable bonds is 5. The number of aromatic nitrogens is 1. The Balaban J connectivity index is 2.24. The van der Waals surface area contributed by atoms with E-state index in [0.29, 0.717) is 28.3 Å². The first-order valence-corrected chi connectivity index (χ1v) is 7.79. The Morgan fingerprint density at radius 2 is 1.85 bits per heavy atom. The number of nitrogens with two attached hydrogens (primary N) is 1. The van der Waals surface area contributed by atoms with Crippen molar-refractivity contribution in [2.24, 2.45) is 0 Å². The summed E-state index contributed by atoms with van der Waals surface area (Å²) in [4.78, 5) is 24.5. The molecule has 0 aliphatic carbocycles. The van der Waals surface area contributed by atoms with Crippen LogP contribution in [0.5, 0.6) is 11.5 Å². The van der Waals surface area contributed by atoms with Crippen molar-refractivity contribution in [3.8, 4) is 11.5 Å². The number of aromatic carboxylic acids is 1. The number of pyridine rings is 1. The number of carbonyl (C=O) groups excluding carboxylic acids is 1. The highest BCUT2D eigenvalue weighted by Crippen LogP contribution is 2.33. The predicted molar refractivity (Wildman–Crippen MR) is 96.5 cm³/mol. The maximum Gasteiger partial charge on any atom is 0.337 e. The summed E-state index contributed by atoms with van der Waals surface area (Å²) in [7, 11) is 3.07. The Hall–Kier alpha value is -3.48. The number of methoxy groups -OCH3 is 2. The number of carbonyl (C=O) groups is 2. The van der Waals surface area contributed by atoms with Crippen molar-refractivity contribution in [2.75, 3.05) is 20.0 Å². The lowest BCUT2D eigenvalue weighted by Crippen LogP contribution is -2.10. The topological polar surface area (TPSA) is 103 Å². The fraction of sp³-hybridized carbons (Fsp3) is 0.158. The minimum Gasteiger partial charge on any atom is -0.495 e. The van der Waals surface area contributed by atoms with E-state index in [2.05, 4.69) is 0 Å². The number of fused-ring (bicyclic) bond motifs is 1. The number of ketones is 1. The first-order chi connectivity index (χ1) is 12.4. The molecular weight excluding hydrogens is 336 g/mol. The van der Waals surface area contributed by atoms with Gasteiger partial charge in [0, 0.05) is 16.8 Å². The van der Waals surface area contributed by atoms with Crippen molar-refractivity contribution < 1.29 is 24.2 Å². The third-order valence-electron chi connectivity index (χ3n) is 4.29. The van der Waals surface area contributed by atoms with E-state index in [-0.39, 0.29) is 22.6 Å². The molecule has 1 aromatic carbocycles. The van der Waals surface area contributed by atoms with Crippen LogP contribution in [0.1, 0.15) is 32.0 Å². The first-order valence-electron chi connectivity index (χ1n) is 7.79. The molecule has 7 nitrogen and oxygen atoms in total.